The Kier molecular flexibility index (Phi) is 4.17. The van der Waals surface area contributed by atoms with Gasteiger partial charge in [0, 0.05) is 22.8 Å². The van der Waals surface area contributed by atoms with E-state index in [9.17, 15) is 4.39 Å². The molecule has 2 aromatic rings. The Hall–Kier alpha value is -1.46. The average molecular weight is 339 g/mol. The normalized spacial score (nSPS) is 10.3. The van der Waals surface area contributed by atoms with E-state index in [1.54, 1.807) is 12.1 Å². The summed E-state index contributed by atoms with van der Waals surface area (Å²) in [7, 11) is 1.91. The lowest BCUT2D eigenvalue weighted by molar-refractivity contribution is 0.628. The number of nitrogens with zero attached hydrogens (tertiary/aromatic N) is 1. The second-order valence-corrected chi connectivity index (χ2v) is 5.36. The lowest BCUT2D eigenvalue weighted by atomic mass is 10.2. The maximum Gasteiger partial charge on any atom is 0.123 e. The van der Waals surface area contributed by atoms with Crippen molar-refractivity contribution in [2.75, 3.05) is 11.9 Å². The summed E-state index contributed by atoms with van der Waals surface area (Å²) in [5, 5.41) is 0. The third kappa shape index (κ3) is 3.11. The Balaban J connectivity index is 2.36. The minimum absolute atomic E-state index is 0.250. The molecule has 98 valence electrons. The van der Waals surface area contributed by atoms with E-state index in [4.69, 9.17) is 18.0 Å². The molecule has 5 heteroatoms. The van der Waals surface area contributed by atoms with Crippen molar-refractivity contribution >= 4 is 44.5 Å². The highest BCUT2D eigenvalue weighted by molar-refractivity contribution is 9.10. The van der Waals surface area contributed by atoms with Crippen LogP contribution in [0.4, 0.5) is 15.8 Å². The van der Waals surface area contributed by atoms with Crippen LogP contribution in [0.5, 0.6) is 0 Å². The molecular weight excluding hydrogens is 327 g/mol. The summed E-state index contributed by atoms with van der Waals surface area (Å²) in [5.41, 5.74) is 8.24. The van der Waals surface area contributed by atoms with Gasteiger partial charge in [-0.05, 0) is 58.4 Å². The first-order valence-corrected chi connectivity index (χ1v) is 6.78. The van der Waals surface area contributed by atoms with E-state index < -0.39 is 0 Å². The summed E-state index contributed by atoms with van der Waals surface area (Å²) in [4.78, 5) is 2.31. The standard InChI is InChI=1S/C14H12BrFN2S/c1-18(11-5-3-10(16)4-6-11)13-7-2-9(14(17)19)8-12(13)15/h2-8H,1H3,(H2,17,19). The zero-order valence-electron chi connectivity index (χ0n) is 10.2. The summed E-state index contributed by atoms with van der Waals surface area (Å²) in [5.74, 6) is -0.250. The lowest BCUT2D eigenvalue weighted by Gasteiger charge is -2.21. The second-order valence-electron chi connectivity index (χ2n) is 4.07. The summed E-state index contributed by atoms with van der Waals surface area (Å²) in [6.07, 6.45) is 0. The van der Waals surface area contributed by atoms with Gasteiger partial charge in [-0.3, -0.25) is 0 Å². The number of hydrogen-bond acceptors (Lipinski definition) is 2. The highest BCUT2D eigenvalue weighted by Crippen LogP contribution is 2.31. The average Bonchev–Trinajstić information content (AvgIpc) is 2.38. The van der Waals surface area contributed by atoms with Crippen molar-refractivity contribution in [1.29, 1.82) is 0 Å². The first-order chi connectivity index (χ1) is 8.99. The van der Waals surface area contributed by atoms with Gasteiger partial charge >= 0.3 is 0 Å². The molecule has 2 aromatic carbocycles. The van der Waals surface area contributed by atoms with Crippen LogP contribution < -0.4 is 10.6 Å². The van der Waals surface area contributed by atoms with Gasteiger partial charge in [-0.25, -0.2) is 4.39 Å². The fourth-order valence-electron chi connectivity index (χ4n) is 1.74. The molecule has 0 aromatic heterocycles. The van der Waals surface area contributed by atoms with E-state index in [1.165, 1.54) is 12.1 Å². The molecule has 0 aliphatic heterocycles. The minimum Gasteiger partial charge on any atom is -0.389 e. The number of anilines is 2. The molecule has 0 atom stereocenters. The van der Waals surface area contributed by atoms with Gasteiger partial charge < -0.3 is 10.6 Å². The van der Waals surface area contributed by atoms with Crippen LogP contribution in [0.1, 0.15) is 5.56 Å². The van der Waals surface area contributed by atoms with Crippen molar-refractivity contribution in [3.05, 3.63) is 58.3 Å². The number of hydrogen-bond donors (Lipinski definition) is 1. The van der Waals surface area contributed by atoms with Crippen LogP contribution in [0.2, 0.25) is 0 Å². The summed E-state index contributed by atoms with van der Waals surface area (Å²) in [6, 6.07) is 12.0. The van der Waals surface area contributed by atoms with Crippen LogP contribution in [-0.2, 0) is 0 Å². The maximum absolute atomic E-state index is 12.9. The number of thiocarbonyl (C=S) groups is 1. The predicted molar refractivity (Wildman–Crippen MR) is 84.5 cm³/mol. The first-order valence-electron chi connectivity index (χ1n) is 5.57. The Labute approximate surface area is 125 Å². The molecule has 0 spiro atoms. The summed E-state index contributed by atoms with van der Waals surface area (Å²) < 4.78 is 13.8. The Morgan fingerprint density at radius 1 is 1.21 bits per heavy atom. The fourth-order valence-corrected chi connectivity index (χ4v) is 2.51. The highest BCUT2D eigenvalue weighted by atomic mass is 79.9. The quantitative estimate of drug-likeness (QED) is 0.858. The van der Waals surface area contributed by atoms with Crippen molar-refractivity contribution < 1.29 is 4.39 Å². The van der Waals surface area contributed by atoms with Gasteiger partial charge in [0.1, 0.15) is 10.8 Å². The molecule has 19 heavy (non-hydrogen) atoms. The van der Waals surface area contributed by atoms with Crippen LogP contribution >= 0.6 is 28.1 Å². The van der Waals surface area contributed by atoms with E-state index in [0.717, 1.165) is 21.4 Å². The third-order valence-corrected chi connectivity index (χ3v) is 3.68. The van der Waals surface area contributed by atoms with Crippen molar-refractivity contribution in [2.24, 2.45) is 5.73 Å². The highest BCUT2D eigenvalue weighted by Gasteiger charge is 2.09. The Morgan fingerprint density at radius 3 is 2.37 bits per heavy atom. The number of benzene rings is 2. The topological polar surface area (TPSA) is 29.3 Å². The largest absolute Gasteiger partial charge is 0.389 e. The number of halogens is 2. The van der Waals surface area contributed by atoms with Gasteiger partial charge in [-0.1, -0.05) is 12.2 Å². The van der Waals surface area contributed by atoms with E-state index in [1.807, 2.05) is 30.1 Å². The predicted octanol–water partition coefficient (Wildman–Crippen LogP) is 3.99. The molecule has 0 heterocycles. The summed E-state index contributed by atoms with van der Waals surface area (Å²) in [6.45, 7) is 0. The van der Waals surface area contributed by atoms with Crippen molar-refractivity contribution in [1.82, 2.24) is 0 Å². The number of rotatable bonds is 3. The SMILES string of the molecule is CN(c1ccc(F)cc1)c1ccc(C(N)=S)cc1Br. The molecule has 2 N–H and O–H groups in total. The van der Waals surface area contributed by atoms with Gasteiger partial charge in [0.15, 0.2) is 0 Å². The maximum atomic E-state index is 12.9. The molecule has 0 aliphatic carbocycles. The van der Waals surface area contributed by atoms with E-state index in [-0.39, 0.29) is 5.82 Å². The first kappa shape index (κ1) is 14.0. The van der Waals surface area contributed by atoms with Crippen LogP contribution in [-0.4, -0.2) is 12.0 Å². The molecule has 0 radical (unpaired) electrons. The minimum atomic E-state index is -0.250. The fraction of sp³-hybridized carbons (Fsp3) is 0.0714. The number of nitrogens with two attached hydrogens (primary N) is 1. The van der Waals surface area contributed by atoms with Crippen molar-refractivity contribution in [2.45, 2.75) is 0 Å². The van der Waals surface area contributed by atoms with Gasteiger partial charge in [0.05, 0.1) is 5.69 Å². The van der Waals surface area contributed by atoms with Gasteiger partial charge in [-0.15, -0.1) is 0 Å². The molecule has 0 saturated heterocycles. The van der Waals surface area contributed by atoms with Crippen molar-refractivity contribution in [3.63, 3.8) is 0 Å². The molecule has 0 amide bonds. The van der Waals surface area contributed by atoms with E-state index >= 15 is 0 Å². The van der Waals surface area contributed by atoms with Gasteiger partial charge in [0.2, 0.25) is 0 Å². The molecule has 0 fully saturated rings. The lowest BCUT2D eigenvalue weighted by Crippen LogP contribution is -2.12. The molecule has 0 bridgehead atoms. The van der Waals surface area contributed by atoms with Crippen LogP contribution in [0.3, 0.4) is 0 Å². The van der Waals surface area contributed by atoms with Crippen LogP contribution in [0.25, 0.3) is 0 Å². The molecule has 0 aliphatic rings. The van der Waals surface area contributed by atoms with Crippen LogP contribution in [0, 0.1) is 5.82 Å². The van der Waals surface area contributed by atoms with Gasteiger partial charge in [0.25, 0.3) is 0 Å². The van der Waals surface area contributed by atoms with Gasteiger partial charge in [-0.2, -0.15) is 0 Å². The molecule has 0 unspecified atom stereocenters. The molecule has 2 rings (SSSR count). The van der Waals surface area contributed by atoms with Crippen molar-refractivity contribution in [3.8, 4) is 0 Å². The van der Waals surface area contributed by atoms with Crippen LogP contribution in [0.15, 0.2) is 46.9 Å². The van der Waals surface area contributed by atoms with E-state index in [2.05, 4.69) is 15.9 Å². The molecule has 0 saturated carbocycles. The van der Waals surface area contributed by atoms with E-state index in [0.29, 0.717) is 4.99 Å². The Morgan fingerprint density at radius 2 is 1.84 bits per heavy atom. The zero-order chi connectivity index (χ0) is 14.0. The monoisotopic (exact) mass is 338 g/mol. The molecule has 2 nitrogen and oxygen atoms in total. The zero-order valence-corrected chi connectivity index (χ0v) is 12.6. The summed E-state index contributed by atoms with van der Waals surface area (Å²) >= 11 is 8.44. The smallest absolute Gasteiger partial charge is 0.123 e. The molecular formula is C14H12BrFN2S. The second kappa shape index (κ2) is 5.67. The third-order valence-electron chi connectivity index (χ3n) is 2.81. The Bertz CT molecular complexity index is 613.